The second kappa shape index (κ2) is 9.27. The van der Waals surface area contributed by atoms with Gasteiger partial charge in [-0.3, -0.25) is 0 Å². The zero-order valence-corrected chi connectivity index (χ0v) is 16.5. The van der Waals surface area contributed by atoms with Crippen LogP contribution in [0.3, 0.4) is 0 Å². The van der Waals surface area contributed by atoms with Crippen molar-refractivity contribution >= 4 is 5.82 Å². The number of benzene rings is 1. The largest absolute Gasteiger partial charge is 0.496 e. The summed E-state index contributed by atoms with van der Waals surface area (Å²) in [6.45, 7) is 8.79. The van der Waals surface area contributed by atoms with Crippen molar-refractivity contribution in [2.45, 2.75) is 46.6 Å². The molecule has 6 nitrogen and oxygen atoms in total. The number of aryl methyl sites for hydroxylation is 1. The van der Waals surface area contributed by atoms with Crippen LogP contribution < -0.4 is 19.5 Å². The average molecular weight is 359 g/mol. The quantitative estimate of drug-likeness (QED) is 0.713. The Kier molecular flexibility index (Phi) is 7.06. The standard InChI is InChI=1S/C20H29N3O3/c1-7-14(8-2)22-19-20(25-6)23-18(13(4)21-19)16-11-10-15(26-9-3)12-17(16)24-5/h10-12,14H,7-9H2,1-6H3,(H,21,22). The van der Waals surface area contributed by atoms with Crippen molar-refractivity contribution in [2.75, 3.05) is 26.1 Å². The first kappa shape index (κ1) is 19.8. The van der Waals surface area contributed by atoms with E-state index in [0.29, 0.717) is 30.1 Å². The number of nitrogens with zero attached hydrogens (tertiary/aromatic N) is 2. The molecule has 1 aromatic heterocycles. The maximum Gasteiger partial charge on any atom is 0.257 e. The van der Waals surface area contributed by atoms with Gasteiger partial charge in [0.1, 0.15) is 11.5 Å². The molecule has 0 bridgehead atoms. The minimum atomic E-state index is 0.337. The first-order valence-corrected chi connectivity index (χ1v) is 9.08. The van der Waals surface area contributed by atoms with Crippen LogP contribution in [0.4, 0.5) is 5.82 Å². The van der Waals surface area contributed by atoms with Gasteiger partial charge >= 0.3 is 0 Å². The van der Waals surface area contributed by atoms with Crippen molar-refractivity contribution in [3.63, 3.8) is 0 Å². The van der Waals surface area contributed by atoms with E-state index in [4.69, 9.17) is 24.2 Å². The molecule has 0 aliphatic carbocycles. The van der Waals surface area contributed by atoms with Crippen LogP contribution in [0, 0.1) is 6.92 Å². The molecule has 6 heteroatoms. The van der Waals surface area contributed by atoms with Gasteiger partial charge in [0.05, 0.1) is 32.2 Å². The van der Waals surface area contributed by atoms with Crippen molar-refractivity contribution in [2.24, 2.45) is 0 Å². The summed E-state index contributed by atoms with van der Waals surface area (Å²) in [6, 6.07) is 6.05. The second-order valence-electron chi connectivity index (χ2n) is 5.97. The van der Waals surface area contributed by atoms with Crippen LogP contribution in [0.1, 0.15) is 39.3 Å². The van der Waals surface area contributed by atoms with Crippen LogP contribution in [0.2, 0.25) is 0 Å². The fraction of sp³-hybridized carbons (Fsp3) is 0.500. The van der Waals surface area contributed by atoms with Crippen molar-refractivity contribution in [1.82, 2.24) is 9.97 Å². The molecular formula is C20H29N3O3. The van der Waals surface area contributed by atoms with E-state index >= 15 is 0 Å². The molecule has 1 aromatic carbocycles. The highest BCUT2D eigenvalue weighted by Crippen LogP contribution is 2.36. The number of aromatic nitrogens is 2. The molecule has 0 aliphatic heterocycles. The van der Waals surface area contributed by atoms with E-state index in [1.54, 1.807) is 14.2 Å². The second-order valence-corrected chi connectivity index (χ2v) is 5.97. The molecule has 26 heavy (non-hydrogen) atoms. The monoisotopic (exact) mass is 359 g/mol. The number of methoxy groups -OCH3 is 2. The molecule has 0 atom stereocenters. The average Bonchev–Trinajstić information content (AvgIpc) is 2.66. The van der Waals surface area contributed by atoms with Crippen molar-refractivity contribution in [3.05, 3.63) is 23.9 Å². The summed E-state index contributed by atoms with van der Waals surface area (Å²) in [4.78, 5) is 9.40. The number of hydrogen-bond donors (Lipinski definition) is 1. The summed E-state index contributed by atoms with van der Waals surface area (Å²) in [5.74, 6) is 2.61. The Morgan fingerprint density at radius 3 is 2.35 bits per heavy atom. The Morgan fingerprint density at radius 2 is 1.77 bits per heavy atom. The lowest BCUT2D eigenvalue weighted by molar-refractivity contribution is 0.336. The predicted octanol–water partition coefficient (Wildman–Crippen LogP) is 4.47. The number of anilines is 1. The lowest BCUT2D eigenvalue weighted by Crippen LogP contribution is -2.19. The molecule has 0 amide bonds. The molecule has 2 rings (SSSR count). The fourth-order valence-electron chi connectivity index (χ4n) is 2.81. The van der Waals surface area contributed by atoms with E-state index in [0.717, 1.165) is 35.5 Å². The normalized spacial score (nSPS) is 10.7. The predicted molar refractivity (Wildman–Crippen MR) is 104 cm³/mol. The topological polar surface area (TPSA) is 65.5 Å². The first-order chi connectivity index (χ1) is 12.6. The van der Waals surface area contributed by atoms with E-state index in [-0.39, 0.29) is 0 Å². The van der Waals surface area contributed by atoms with E-state index < -0.39 is 0 Å². The Morgan fingerprint density at radius 1 is 1.04 bits per heavy atom. The minimum absolute atomic E-state index is 0.337. The van der Waals surface area contributed by atoms with Gasteiger partial charge in [-0.1, -0.05) is 13.8 Å². The maximum atomic E-state index is 5.55. The van der Waals surface area contributed by atoms with Crippen LogP contribution in [-0.2, 0) is 0 Å². The summed E-state index contributed by atoms with van der Waals surface area (Å²) >= 11 is 0. The molecule has 0 saturated carbocycles. The van der Waals surface area contributed by atoms with E-state index in [2.05, 4.69) is 19.2 Å². The number of hydrogen-bond acceptors (Lipinski definition) is 6. The summed E-state index contributed by atoms with van der Waals surface area (Å²) < 4.78 is 16.6. The third kappa shape index (κ3) is 4.36. The minimum Gasteiger partial charge on any atom is -0.496 e. The molecule has 0 unspecified atom stereocenters. The van der Waals surface area contributed by atoms with Gasteiger partial charge in [-0.05, 0) is 38.8 Å². The maximum absolute atomic E-state index is 5.55. The number of ether oxygens (including phenoxy) is 3. The zero-order valence-electron chi connectivity index (χ0n) is 16.5. The number of rotatable bonds is 9. The summed E-state index contributed by atoms with van der Waals surface area (Å²) in [5.41, 5.74) is 2.40. The van der Waals surface area contributed by atoms with Crippen LogP contribution in [0.25, 0.3) is 11.3 Å². The van der Waals surface area contributed by atoms with Crippen molar-refractivity contribution in [3.8, 4) is 28.6 Å². The third-order valence-electron chi connectivity index (χ3n) is 4.30. The van der Waals surface area contributed by atoms with Crippen LogP contribution in [0.15, 0.2) is 18.2 Å². The van der Waals surface area contributed by atoms with Gasteiger partial charge in [0, 0.05) is 17.7 Å². The van der Waals surface area contributed by atoms with E-state index in [1.807, 2.05) is 32.0 Å². The lowest BCUT2D eigenvalue weighted by atomic mass is 10.1. The van der Waals surface area contributed by atoms with Crippen molar-refractivity contribution in [1.29, 1.82) is 0 Å². The highest BCUT2D eigenvalue weighted by molar-refractivity contribution is 5.72. The van der Waals surface area contributed by atoms with Crippen LogP contribution in [-0.4, -0.2) is 36.8 Å². The molecule has 142 valence electrons. The van der Waals surface area contributed by atoms with Gasteiger partial charge in [-0.2, -0.15) is 0 Å². The van der Waals surface area contributed by atoms with Gasteiger partial charge in [0.15, 0.2) is 5.82 Å². The molecule has 0 fully saturated rings. The van der Waals surface area contributed by atoms with Gasteiger partial charge < -0.3 is 19.5 Å². The molecule has 0 spiro atoms. The van der Waals surface area contributed by atoms with Crippen molar-refractivity contribution < 1.29 is 14.2 Å². The Labute approximate surface area is 155 Å². The third-order valence-corrected chi connectivity index (χ3v) is 4.30. The molecule has 2 aromatic rings. The highest BCUT2D eigenvalue weighted by atomic mass is 16.5. The molecule has 0 saturated heterocycles. The van der Waals surface area contributed by atoms with Gasteiger partial charge in [-0.15, -0.1) is 0 Å². The molecule has 1 N–H and O–H groups in total. The van der Waals surface area contributed by atoms with Gasteiger partial charge in [-0.25, -0.2) is 9.97 Å². The Hall–Kier alpha value is -2.50. The smallest absolute Gasteiger partial charge is 0.257 e. The Bertz CT molecular complexity index is 730. The molecule has 0 aliphatic rings. The zero-order chi connectivity index (χ0) is 19.1. The van der Waals surface area contributed by atoms with E-state index in [1.165, 1.54) is 0 Å². The van der Waals surface area contributed by atoms with Gasteiger partial charge in [0.2, 0.25) is 0 Å². The molecule has 0 radical (unpaired) electrons. The van der Waals surface area contributed by atoms with E-state index in [9.17, 15) is 0 Å². The SMILES string of the molecule is CCOc1ccc(-c2nc(OC)c(NC(CC)CC)nc2C)c(OC)c1. The van der Waals surface area contributed by atoms with Gasteiger partial charge in [0.25, 0.3) is 5.88 Å². The summed E-state index contributed by atoms with van der Waals surface area (Å²) in [6.07, 6.45) is 2.02. The van der Waals surface area contributed by atoms with Crippen LogP contribution in [0.5, 0.6) is 17.4 Å². The fourth-order valence-corrected chi connectivity index (χ4v) is 2.81. The first-order valence-electron chi connectivity index (χ1n) is 9.08. The number of nitrogens with one attached hydrogen (secondary N) is 1. The lowest BCUT2D eigenvalue weighted by Gasteiger charge is -2.19. The highest BCUT2D eigenvalue weighted by Gasteiger charge is 2.18. The molecular weight excluding hydrogens is 330 g/mol. The summed E-state index contributed by atoms with van der Waals surface area (Å²) in [5, 5.41) is 3.42. The summed E-state index contributed by atoms with van der Waals surface area (Å²) in [7, 11) is 3.24. The molecule has 1 heterocycles. The Balaban J connectivity index is 2.47. The van der Waals surface area contributed by atoms with Crippen LogP contribution >= 0.6 is 0 Å².